The summed E-state index contributed by atoms with van der Waals surface area (Å²) in [5, 5.41) is 2.95. The highest BCUT2D eigenvalue weighted by Crippen LogP contribution is 2.16. The first-order valence-corrected chi connectivity index (χ1v) is 9.14. The van der Waals surface area contributed by atoms with Crippen LogP contribution in [0.2, 0.25) is 0 Å². The van der Waals surface area contributed by atoms with Crippen molar-refractivity contribution in [2.24, 2.45) is 7.05 Å². The van der Waals surface area contributed by atoms with E-state index in [1.807, 2.05) is 45.0 Å². The summed E-state index contributed by atoms with van der Waals surface area (Å²) in [5.41, 5.74) is 0.963. The Bertz CT molecular complexity index is 1150. The molecule has 3 rings (SSSR count). The summed E-state index contributed by atoms with van der Waals surface area (Å²) in [6.07, 6.45) is 2.16. The van der Waals surface area contributed by atoms with Gasteiger partial charge in [-0.15, -0.1) is 0 Å². The molecule has 0 unspecified atom stereocenters. The van der Waals surface area contributed by atoms with E-state index < -0.39 is 11.2 Å². The third-order valence-corrected chi connectivity index (χ3v) is 4.71. The summed E-state index contributed by atoms with van der Waals surface area (Å²) in [7, 11) is 1.53. The fourth-order valence-corrected chi connectivity index (χ4v) is 2.83. The number of rotatable bonds is 5. The van der Waals surface area contributed by atoms with Gasteiger partial charge in [0.05, 0.1) is 0 Å². The molecule has 2 aromatic heterocycles. The molecule has 2 heterocycles. The van der Waals surface area contributed by atoms with Crippen LogP contribution >= 0.6 is 0 Å². The lowest BCUT2D eigenvalue weighted by Crippen LogP contribution is -2.44. The van der Waals surface area contributed by atoms with Crippen LogP contribution in [-0.4, -0.2) is 31.1 Å². The van der Waals surface area contributed by atoms with Gasteiger partial charge in [-0.2, -0.15) is 0 Å². The van der Waals surface area contributed by atoms with Crippen LogP contribution in [-0.2, 0) is 18.4 Å². The maximum absolute atomic E-state index is 12.8. The first-order chi connectivity index (χ1) is 13.3. The van der Waals surface area contributed by atoms with Crippen molar-refractivity contribution in [2.75, 3.05) is 0 Å². The van der Waals surface area contributed by atoms with Crippen LogP contribution in [0.5, 0.6) is 0 Å². The predicted molar refractivity (Wildman–Crippen MR) is 107 cm³/mol. The van der Waals surface area contributed by atoms with E-state index in [0.29, 0.717) is 5.82 Å². The summed E-state index contributed by atoms with van der Waals surface area (Å²) in [6.45, 7) is 5.44. The molecule has 8 nitrogen and oxygen atoms in total. The van der Waals surface area contributed by atoms with Crippen molar-refractivity contribution in [1.29, 1.82) is 0 Å². The topological polar surface area (TPSA) is 98.9 Å². The van der Waals surface area contributed by atoms with E-state index >= 15 is 0 Å². The highest BCUT2D eigenvalue weighted by Gasteiger charge is 2.16. The number of carbonyl (C=O) groups excluding carboxylic acids is 1. The van der Waals surface area contributed by atoms with Crippen LogP contribution in [0.3, 0.4) is 0 Å². The lowest BCUT2D eigenvalue weighted by Gasteiger charge is -2.13. The molecule has 1 atom stereocenters. The smallest absolute Gasteiger partial charge is 0.332 e. The maximum Gasteiger partial charge on any atom is 0.332 e. The summed E-state index contributed by atoms with van der Waals surface area (Å²) in [6, 6.07) is 7.61. The summed E-state index contributed by atoms with van der Waals surface area (Å²) < 4.78 is 2.18. The minimum atomic E-state index is -0.592. The fraction of sp³-hybridized carbons (Fsp3) is 0.350. The molecule has 3 aromatic rings. The Kier molecular flexibility index (Phi) is 5.39. The second-order valence-corrected chi connectivity index (χ2v) is 6.91. The van der Waals surface area contributed by atoms with Gasteiger partial charge in [0.1, 0.15) is 11.9 Å². The van der Waals surface area contributed by atoms with Gasteiger partial charge in [-0.3, -0.25) is 18.7 Å². The molecule has 0 saturated carbocycles. The Labute approximate surface area is 161 Å². The van der Waals surface area contributed by atoms with Gasteiger partial charge in [-0.25, -0.2) is 14.8 Å². The minimum absolute atomic E-state index is 0.0343. The molecule has 28 heavy (non-hydrogen) atoms. The molecule has 1 N–H and O–H groups in total. The third kappa shape index (κ3) is 3.71. The Hall–Kier alpha value is -3.29. The number of benzene rings is 1. The Morgan fingerprint density at radius 1 is 1.21 bits per heavy atom. The van der Waals surface area contributed by atoms with Crippen molar-refractivity contribution < 1.29 is 4.79 Å². The van der Waals surface area contributed by atoms with Gasteiger partial charge in [0.15, 0.2) is 11.5 Å². The van der Waals surface area contributed by atoms with Crippen LogP contribution in [0.4, 0.5) is 0 Å². The predicted octanol–water partition coefficient (Wildman–Crippen LogP) is 1.38. The Morgan fingerprint density at radius 3 is 2.54 bits per heavy atom. The molecule has 0 saturated heterocycles. The van der Waals surface area contributed by atoms with Crippen LogP contribution in [0.1, 0.15) is 25.8 Å². The Morgan fingerprint density at radius 2 is 1.89 bits per heavy atom. The van der Waals surface area contributed by atoms with Crippen molar-refractivity contribution in [1.82, 2.24) is 24.4 Å². The molecule has 0 aliphatic heterocycles. The number of amides is 1. The Balaban J connectivity index is 2.07. The molecular formula is C20H23N5O3. The summed E-state index contributed by atoms with van der Waals surface area (Å²) in [4.78, 5) is 46.3. The summed E-state index contributed by atoms with van der Waals surface area (Å²) >= 11 is 0. The van der Waals surface area contributed by atoms with Crippen molar-refractivity contribution in [3.8, 4) is 11.4 Å². The molecule has 0 spiro atoms. The van der Waals surface area contributed by atoms with Gasteiger partial charge in [0.2, 0.25) is 5.91 Å². The second-order valence-electron chi connectivity index (χ2n) is 6.91. The largest absolute Gasteiger partial charge is 0.352 e. The molecule has 0 radical (unpaired) electrons. The average molecular weight is 381 g/mol. The number of carbonyl (C=O) groups is 1. The number of hydrogen-bond acceptors (Lipinski definition) is 5. The molecular weight excluding hydrogens is 358 g/mol. The van der Waals surface area contributed by atoms with E-state index in [9.17, 15) is 14.4 Å². The number of aryl methyl sites for hydroxylation is 2. The molecule has 0 fully saturated rings. The van der Waals surface area contributed by atoms with Gasteiger partial charge in [-0.1, -0.05) is 36.8 Å². The quantitative estimate of drug-likeness (QED) is 0.720. The highest BCUT2D eigenvalue weighted by molar-refractivity contribution is 5.78. The van der Waals surface area contributed by atoms with E-state index in [1.54, 1.807) is 0 Å². The lowest BCUT2D eigenvalue weighted by molar-refractivity contribution is -0.122. The number of aromatic nitrogens is 4. The number of fused-ring (bicyclic) bond motifs is 1. The fourth-order valence-electron chi connectivity index (χ4n) is 2.83. The SMILES string of the molecule is CC[C@H](C)NC(=O)Cn1c(=O)c2cnc(-c3ccc(C)cc3)nc2n(C)c1=O. The first kappa shape index (κ1) is 19.5. The van der Waals surface area contributed by atoms with Crippen LogP contribution in [0, 0.1) is 6.92 Å². The maximum atomic E-state index is 12.8. The zero-order chi connectivity index (χ0) is 20.4. The van der Waals surface area contributed by atoms with Crippen molar-refractivity contribution in [3.05, 3.63) is 56.9 Å². The molecule has 8 heteroatoms. The minimum Gasteiger partial charge on any atom is -0.352 e. The first-order valence-electron chi connectivity index (χ1n) is 9.14. The van der Waals surface area contributed by atoms with Crippen molar-refractivity contribution in [3.63, 3.8) is 0 Å². The summed E-state index contributed by atoms with van der Waals surface area (Å²) in [5.74, 6) is 0.0410. The van der Waals surface area contributed by atoms with Crippen LogP contribution < -0.4 is 16.6 Å². The van der Waals surface area contributed by atoms with Crippen molar-refractivity contribution >= 4 is 16.9 Å². The normalized spacial score (nSPS) is 12.1. The van der Waals surface area contributed by atoms with Gasteiger partial charge >= 0.3 is 5.69 Å². The van der Waals surface area contributed by atoms with Gasteiger partial charge in [-0.05, 0) is 20.3 Å². The average Bonchev–Trinajstić information content (AvgIpc) is 2.69. The molecule has 0 aliphatic rings. The van der Waals surface area contributed by atoms with E-state index in [-0.39, 0.29) is 29.5 Å². The number of nitrogens with zero attached hydrogens (tertiary/aromatic N) is 4. The molecule has 0 bridgehead atoms. The second kappa shape index (κ2) is 7.75. The van der Waals surface area contributed by atoms with Crippen molar-refractivity contribution in [2.45, 2.75) is 39.8 Å². The zero-order valence-corrected chi connectivity index (χ0v) is 16.4. The van der Waals surface area contributed by atoms with Gasteiger partial charge in [0, 0.05) is 24.8 Å². The third-order valence-electron chi connectivity index (χ3n) is 4.71. The molecule has 146 valence electrons. The van der Waals surface area contributed by atoms with Crippen LogP contribution in [0.25, 0.3) is 22.4 Å². The van der Waals surface area contributed by atoms with E-state index in [4.69, 9.17) is 0 Å². The number of nitrogens with one attached hydrogen (secondary N) is 1. The van der Waals surface area contributed by atoms with E-state index in [1.165, 1.54) is 17.8 Å². The molecule has 0 aliphatic carbocycles. The molecule has 1 amide bonds. The highest BCUT2D eigenvalue weighted by atomic mass is 16.2. The van der Waals surface area contributed by atoms with Gasteiger partial charge in [0.25, 0.3) is 5.56 Å². The van der Waals surface area contributed by atoms with E-state index in [2.05, 4.69) is 15.3 Å². The standard InChI is InChI=1S/C20H23N5O3/c1-5-13(3)22-16(26)11-25-19(27)15-10-21-17(14-8-6-12(2)7-9-14)23-18(15)24(4)20(25)28/h6-10,13H,5,11H2,1-4H3,(H,22,26)/t13-/m0/s1. The monoisotopic (exact) mass is 381 g/mol. The molecule has 1 aromatic carbocycles. The zero-order valence-electron chi connectivity index (χ0n) is 16.4. The van der Waals surface area contributed by atoms with E-state index in [0.717, 1.165) is 22.1 Å². The lowest BCUT2D eigenvalue weighted by atomic mass is 10.1. The van der Waals surface area contributed by atoms with Crippen LogP contribution in [0.15, 0.2) is 40.1 Å². The van der Waals surface area contributed by atoms with Gasteiger partial charge < -0.3 is 5.32 Å². The number of hydrogen-bond donors (Lipinski definition) is 1.